The number of hydrogen-bond acceptors (Lipinski definition) is 3. The zero-order valence-electron chi connectivity index (χ0n) is 8.38. The summed E-state index contributed by atoms with van der Waals surface area (Å²) in [5.41, 5.74) is 0.871. The molecular formula is C10H14N2O2. The SMILES string of the molecule is CCC(N(C)c1ccccc1)[N+](=O)[O-]. The Balaban J connectivity index is 2.83. The Morgan fingerprint density at radius 2 is 2.00 bits per heavy atom. The van der Waals surface area contributed by atoms with Crippen molar-refractivity contribution in [3.05, 3.63) is 40.4 Å². The van der Waals surface area contributed by atoms with Crippen LogP contribution in [0.3, 0.4) is 0 Å². The first-order valence-corrected chi connectivity index (χ1v) is 4.58. The molecule has 0 fully saturated rings. The van der Waals surface area contributed by atoms with Gasteiger partial charge in [-0.2, -0.15) is 0 Å². The quantitative estimate of drug-likeness (QED) is 0.419. The van der Waals surface area contributed by atoms with Gasteiger partial charge in [-0.05, 0) is 12.1 Å². The Labute approximate surface area is 83.3 Å². The summed E-state index contributed by atoms with van der Waals surface area (Å²) in [7, 11) is 1.74. The second-order valence-corrected chi connectivity index (χ2v) is 3.12. The standard InChI is InChI=1S/C10H14N2O2/c1-3-10(12(13)14)11(2)9-7-5-4-6-8-9/h4-8,10H,3H2,1-2H3. The van der Waals surface area contributed by atoms with Crippen molar-refractivity contribution >= 4 is 5.69 Å². The summed E-state index contributed by atoms with van der Waals surface area (Å²) in [6, 6.07) is 9.37. The highest BCUT2D eigenvalue weighted by Crippen LogP contribution is 2.15. The van der Waals surface area contributed by atoms with Gasteiger partial charge in [-0.25, -0.2) is 0 Å². The van der Waals surface area contributed by atoms with E-state index in [0.717, 1.165) is 5.69 Å². The normalized spacial score (nSPS) is 12.1. The summed E-state index contributed by atoms with van der Waals surface area (Å²) in [6.45, 7) is 1.81. The van der Waals surface area contributed by atoms with Gasteiger partial charge in [0.15, 0.2) is 0 Å². The molecule has 4 heteroatoms. The highest BCUT2D eigenvalue weighted by molar-refractivity contribution is 5.45. The number of nitrogens with zero attached hydrogens (tertiary/aromatic N) is 2. The first-order valence-electron chi connectivity index (χ1n) is 4.58. The van der Waals surface area contributed by atoms with E-state index in [1.165, 1.54) is 0 Å². The molecule has 0 aliphatic heterocycles. The Morgan fingerprint density at radius 3 is 2.43 bits per heavy atom. The summed E-state index contributed by atoms with van der Waals surface area (Å²) in [6.07, 6.45) is -0.143. The molecule has 0 spiro atoms. The van der Waals surface area contributed by atoms with E-state index in [-0.39, 0.29) is 4.92 Å². The zero-order chi connectivity index (χ0) is 10.6. The smallest absolute Gasteiger partial charge is 0.286 e. The van der Waals surface area contributed by atoms with E-state index in [1.807, 2.05) is 37.3 Å². The van der Waals surface area contributed by atoms with Gasteiger partial charge in [0.05, 0.1) is 0 Å². The third kappa shape index (κ3) is 2.22. The van der Waals surface area contributed by atoms with E-state index in [2.05, 4.69) is 0 Å². The van der Waals surface area contributed by atoms with Gasteiger partial charge in [0, 0.05) is 24.1 Å². The monoisotopic (exact) mass is 194 g/mol. The lowest BCUT2D eigenvalue weighted by atomic mass is 10.2. The number of rotatable bonds is 4. The fourth-order valence-corrected chi connectivity index (χ4v) is 1.40. The molecule has 0 aliphatic carbocycles. The third-order valence-electron chi connectivity index (χ3n) is 2.22. The third-order valence-corrected chi connectivity index (χ3v) is 2.22. The minimum atomic E-state index is -0.641. The van der Waals surface area contributed by atoms with Crippen molar-refractivity contribution in [2.24, 2.45) is 0 Å². The minimum Gasteiger partial charge on any atom is -0.313 e. The maximum Gasteiger partial charge on any atom is 0.286 e. The molecule has 0 aromatic heterocycles. The van der Waals surface area contributed by atoms with Crippen molar-refractivity contribution in [2.75, 3.05) is 11.9 Å². The van der Waals surface area contributed by atoms with Crippen LogP contribution in [0.4, 0.5) is 5.69 Å². The van der Waals surface area contributed by atoms with E-state index in [4.69, 9.17) is 0 Å². The number of para-hydroxylation sites is 1. The van der Waals surface area contributed by atoms with Crippen LogP contribution in [0.1, 0.15) is 13.3 Å². The lowest BCUT2D eigenvalue weighted by Crippen LogP contribution is -2.37. The maximum absolute atomic E-state index is 10.7. The van der Waals surface area contributed by atoms with Crippen LogP contribution in [0.5, 0.6) is 0 Å². The summed E-state index contributed by atoms with van der Waals surface area (Å²) in [5.74, 6) is 0. The lowest BCUT2D eigenvalue weighted by molar-refractivity contribution is -0.521. The molecule has 0 radical (unpaired) electrons. The molecule has 0 aliphatic rings. The van der Waals surface area contributed by atoms with Gasteiger partial charge in [-0.15, -0.1) is 0 Å². The molecule has 1 unspecified atom stereocenters. The highest BCUT2D eigenvalue weighted by Gasteiger charge is 2.22. The minimum absolute atomic E-state index is 0.257. The van der Waals surface area contributed by atoms with E-state index < -0.39 is 6.17 Å². The number of nitro groups is 1. The Morgan fingerprint density at radius 1 is 1.43 bits per heavy atom. The molecule has 76 valence electrons. The van der Waals surface area contributed by atoms with Gasteiger partial charge in [-0.3, -0.25) is 10.1 Å². The van der Waals surface area contributed by atoms with Crippen LogP contribution in [0.25, 0.3) is 0 Å². The zero-order valence-corrected chi connectivity index (χ0v) is 8.38. The average Bonchev–Trinajstić information content (AvgIpc) is 2.19. The van der Waals surface area contributed by atoms with E-state index in [0.29, 0.717) is 6.42 Å². The van der Waals surface area contributed by atoms with Crippen LogP contribution in [-0.4, -0.2) is 18.1 Å². The van der Waals surface area contributed by atoms with Crippen molar-refractivity contribution in [1.82, 2.24) is 0 Å². The topological polar surface area (TPSA) is 46.4 Å². The van der Waals surface area contributed by atoms with Crippen molar-refractivity contribution in [3.63, 3.8) is 0 Å². The largest absolute Gasteiger partial charge is 0.313 e. The molecule has 4 nitrogen and oxygen atoms in total. The second kappa shape index (κ2) is 4.60. The molecule has 0 saturated heterocycles. The molecule has 0 amide bonds. The first kappa shape index (κ1) is 10.5. The van der Waals surface area contributed by atoms with Crippen LogP contribution in [0.2, 0.25) is 0 Å². The van der Waals surface area contributed by atoms with Crippen molar-refractivity contribution < 1.29 is 4.92 Å². The first-order chi connectivity index (χ1) is 6.66. The average molecular weight is 194 g/mol. The maximum atomic E-state index is 10.7. The van der Waals surface area contributed by atoms with Gasteiger partial charge in [-0.1, -0.05) is 25.1 Å². The summed E-state index contributed by atoms with van der Waals surface area (Å²) < 4.78 is 0. The van der Waals surface area contributed by atoms with Gasteiger partial charge in [0.2, 0.25) is 0 Å². The molecule has 1 aromatic rings. The molecule has 0 saturated carbocycles. The second-order valence-electron chi connectivity index (χ2n) is 3.12. The molecule has 0 N–H and O–H groups in total. The van der Waals surface area contributed by atoms with Gasteiger partial charge in [0.25, 0.3) is 6.17 Å². The van der Waals surface area contributed by atoms with E-state index in [1.54, 1.807) is 11.9 Å². The van der Waals surface area contributed by atoms with Crippen molar-refractivity contribution in [2.45, 2.75) is 19.5 Å². The summed E-state index contributed by atoms with van der Waals surface area (Å²) in [5, 5.41) is 10.7. The number of benzene rings is 1. The van der Waals surface area contributed by atoms with E-state index >= 15 is 0 Å². The van der Waals surface area contributed by atoms with Crippen molar-refractivity contribution in [1.29, 1.82) is 0 Å². The predicted octanol–water partition coefficient (Wildman–Crippen LogP) is 2.14. The van der Waals surface area contributed by atoms with Crippen molar-refractivity contribution in [3.8, 4) is 0 Å². The van der Waals surface area contributed by atoms with Crippen LogP contribution in [0, 0.1) is 10.1 Å². The predicted molar refractivity (Wildman–Crippen MR) is 55.9 cm³/mol. The molecule has 1 atom stereocenters. The summed E-state index contributed by atoms with van der Waals surface area (Å²) in [4.78, 5) is 12.1. The molecular weight excluding hydrogens is 180 g/mol. The molecule has 1 aromatic carbocycles. The Kier molecular flexibility index (Phi) is 3.45. The number of anilines is 1. The van der Waals surface area contributed by atoms with Gasteiger partial charge in [0.1, 0.15) is 0 Å². The van der Waals surface area contributed by atoms with Crippen LogP contribution in [-0.2, 0) is 0 Å². The number of hydrogen-bond donors (Lipinski definition) is 0. The van der Waals surface area contributed by atoms with Gasteiger partial charge >= 0.3 is 0 Å². The highest BCUT2D eigenvalue weighted by atomic mass is 16.6. The van der Waals surface area contributed by atoms with Crippen LogP contribution in [0.15, 0.2) is 30.3 Å². The lowest BCUT2D eigenvalue weighted by Gasteiger charge is -2.22. The summed E-state index contributed by atoms with van der Waals surface area (Å²) >= 11 is 0. The van der Waals surface area contributed by atoms with Gasteiger partial charge < -0.3 is 4.90 Å². The fourth-order valence-electron chi connectivity index (χ4n) is 1.40. The Bertz CT molecular complexity index is 300. The van der Waals surface area contributed by atoms with E-state index in [9.17, 15) is 10.1 Å². The molecule has 0 heterocycles. The van der Waals surface area contributed by atoms with Crippen LogP contribution < -0.4 is 4.90 Å². The molecule has 0 bridgehead atoms. The fraction of sp³-hybridized carbons (Fsp3) is 0.400. The van der Waals surface area contributed by atoms with Crippen LogP contribution >= 0.6 is 0 Å². The Hall–Kier alpha value is -1.58. The molecule has 1 rings (SSSR count). The molecule has 14 heavy (non-hydrogen) atoms.